The van der Waals surface area contributed by atoms with Crippen LogP contribution in [0.2, 0.25) is 0 Å². The number of amides is 1. The molecular weight excluding hydrogens is 204 g/mol. The normalized spacial score (nSPS) is 10.2. The fourth-order valence-electron chi connectivity index (χ4n) is 1.49. The number of nitrogens with zero attached hydrogens (tertiary/aromatic N) is 2. The van der Waals surface area contributed by atoms with Crippen molar-refractivity contribution < 1.29 is 9.21 Å². The highest BCUT2D eigenvalue weighted by molar-refractivity contribution is 5.94. The quantitative estimate of drug-likeness (QED) is 0.782. The van der Waals surface area contributed by atoms with Crippen LogP contribution in [0.5, 0.6) is 0 Å². The molecule has 0 unspecified atom stereocenters. The number of hydrogen-bond acceptors (Lipinski definition) is 3. The molecule has 0 radical (unpaired) electrons. The molecule has 0 spiro atoms. The highest BCUT2D eigenvalue weighted by atomic mass is 16.3. The van der Waals surface area contributed by atoms with E-state index in [9.17, 15) is 4.79 Å². The van der Waals surface area contributed by atoms with Gasteiger partial charge in [0, 0.05) is 12.6 Å². The molecule has 4 heteroatoms. The number of carbonyl (C=O) groups excluding carboxylic acids is 1. The summed E-state index contributed by atoms with van der Waals surface area (Å²) in [6, 6.07) is 3.84. The monoisotopic (exact) mass is 220 g/mol. The number of rotatable bonds is 4. The zero-order chi connectivity index (χ0) is 12.1. The molecule has 86 valence electrons. The van der Waals surface area contributed by atoms with E-state index in [2.05, 4.69) is 0 Å². The summed E-state index contributed by atoms with van der Waals surface area (Å²) in [6.07, 6.45) is 1.81. The number of aryl methyl sites for hydroxylation is 1. The third-order valence-corrected chi connectivity index (χ3v) is 2.33. The molecule has 4 nitrogen and oxygen atoms in total. The maximum absolute atomic E-state index is 12.1. The molecule has 0 fully saturated rings. The minimum absolute atomic E-state index is 0.0797. The summed E-state index contributed by atoms with van der Waals surface area (Å²) in [5.41, 5.74) is 0.545. The molecule has 16 heavy (non-hydrogen) atoms. The fourth-order valence-corrected chi connectivity index (χ4v) is 1.49. The Balaban J connectivity index is 2.79. The molecular formula is C12H16N2O2. The predicted octanol–water partition coefficient (Wildman–Crippen LogP) is 2.35. The average Bonchev–Trinajstić information content (AvgIpc) is 2.64. The number of hydrogen-bond donors (Lipinski definition) is 0. The van der Waals surface area contributed by atoms with Crippen molar-refractivity contribution in [2.24, 2.45) is 0 Å². The first-order valence-corrected chi connectivity index (χ1v) is 5.29. The predicted molar refractivity (Wildman–Crippen MR) is 59.8 cm³/mol. The van der Waals surface area contributed by atoms with Gasteiger partial charge in [0.2, 0.25) is 0 Å². The Morgan fingerprint density at radius 1 is 1.62 bits per heavy atom. The van der Waals surface area contributed by atoms with Gasteiger partial charge in [-0.1, -0.05) is 0 Å². The van der Waals surface area contributed by atoms with Crippen LogP contribution in [-0.4, -0.2) is 23.4 Å². The molecule has 1 aromatic heterocycles. The number of nitriles is 1. The molecule has 0 N–H and O–H groups in total. The van der Waals surface area contributed by atoms with Crippen LogP contribution >= 0.6 is 0 Å². The zero-order valence-corrected chi connectivity index (χ0v) is 9.86. The Labute approximate surface area is 95.5 Å². The van der Waals surface area contributed by atoms with Crippen molar-refractivity contribution in [1.82, 2.24) is 4.90 Å². The number of furan rings is 1. The summed E-state index contributed by atoms with van der Waals surface area (Å²) in [5, 5.41) is 8.55. The van der Waals surface area contributed by atoms with Gasteiger partial charge in [0.1, 0.15) is 12.0 Å². The lowest BCUT2D eigenvalue weighted by molar-refractivity contribution is 0.0709. The largest absolute Gasteiger partial charge is 0.469 e. The van der Waals surface area contributed by atoms with Gasteiger partial charge < -0.3 is 9.32 Å². The molecule has 0 bridgehead atoms. The lowest BCUT2D eigenvalue weighted by atomic mass is 10.2. The van der Waals surface area contributed by atoms with E-state index in [4.69, 9.17) is 9.68 Å². The van der Waals surface area contributed by atoms with Crippen LogP contribution in [0.25, 0.3) is 0 Å². The van der Waals surface area contributed by atoms with Crippen molar-refractivity contribution in [3.8, 4) is 6.07 Å². The summed E-state index contributed by atoms with van der Waals surface area (Å²) in [6.45, 7) is 6.12. The van der Waals surface area contributed by atoms with Crippen molar-refractivity contribution in [1.29, 1.82) is 5.26 Å². The van der Waals surface area contributed by atoms with Gasteiger partial charge in [-0.2, -0.15) is 5.26 Å². The van der Waals surface area contributed by atoms with Crippen LogP contribution < -0.4 is 0 Å². The Bertz CT molecular complexity index is 401. The molecule has 0 saturated carbocycles. The highest BCUT2D eigenvalue weighted by Crippen LogP contribution is 2.12. The smallest absolute Gasteiger partial charge is 0.257 e. The van der Waals surface area contributed by atoms with Crippen LogP contribution in [0.15, 0.2) is 16.7 Å². The van der Waals surface area contributed by atoms with E-state index in [0.717, 1.165) is 0 Å². The molecule has 0 aliphatic carbocycles. The van der Waals surface area contributed by atoms with E-state index in [-0.39, 0.29) is 11.9 Å². The molecule has 1 rings (SSSR count). The van der Waals surface area contributed by atoms with Gasteiger partial charge in [0.05, 0.1) is 18.1 Å². The van der Waals surface area contributed by atoms with E-state index in [0.29, 0.717) is 24.3 Å². The van der Waals surface area contributed by atoms with E-state index < -0.39 is 0 Å². The van der Waals surface area contributed by atoms with Crippen molar-refractivity contribution in [2.45, 2.75) is 33.2 Å². The second-order valence-corrected chi connectivity index (χ2v) is 3.95. The second-order valence-electron chi connectivity index (χ2n) is 3.95. The van der Waals surface area contributed by atoms with Gasteiger partial charge >= 0.3 is 0 Å². The van der Waals surface area contributed by atoms with Crippen molar-refractivity contribution in [3.05, 3.63) is 23.7 Å². The second kappa shape index (κ2) is 5.36. The number of carbonyl (C=O) groups is 1. The maximum atomic E-state index is 12.1. The molecule has 1 heterocycles. The van der Waals surface area contributed by atoms with Crippen molar-refractivity contribution >= 4 is 5.91 Å². The van der Waals surface area contributed by atoms with Crippen LogP contribution in [0, 0.1) is 18.3 Å². The SMILES string of the molecule is Cc1cc(C(=O)N(CCC#N)C(C)C)co1. The molecule has 0 aliphatic heterocycles. The Hall–Kier alpha value is -1.76. The van der Waals surface area contributed by atoms with E-state index in [1.807, 2.05) is 19.9 Å². The van der Waals surface area contributed by atoms with Gasteiger partial charge in [0.25, 0.3) is 5.91 Å². The lowest BCUT2D eigenvalue weighted by Crippen LogP contribution is -2.37. The van der Waals surface area contributed by atoms with E-state index in [1.54, 1.807) is 17.9 Å². The van der Waals surface area contributed by atoms with Gasteiger partial charge in [-0.3, -0.25) is 4.79 Å². The standard InChI is InChI=1S/C12H16N2O2/c1-9(2)14(6-4-5-13)12(15)11-7-10(3)16-8-11/h7-9H,4,6H2,1-3H3. The maximum Gasteiger partial charge on any atom is 0.257 e. The summed E-state index contributed by atoms with van der Waals surface area (Å²) < 4.78 is 5.11. The van der Waals surface area contributed by atoms with Crippen molar-refractivity contribution in [2.75, 3.05) is 6.54 Å². The Kier molecular flexibility index (Phi) is 4.12. The molecule has 0 atom stereocenters. The Morgan fingerprint density at radius 2 is 2.31 bits per heavy atom. The Morgan fingerprint density at radius 3 is 2.75 bits per heavy atom. The third kappa shape index (κ3) is 2.86. The zero-order valence-electron chi connectivity index (χ0n) is 9.86. The van der Waals surface area contributed by atoms with Crippen LogP contribution in [-0.2, 0) is 0 Å². The van der Waals surface area contributed by atoms with Gasteiger partial charge in [0.15, 0.2) is 0 Å². The first-order chi connectivity index (χ1) is 7.56. The molecule has 0 aromatic carbocycles. The molecule has 1 amide bonds. The molecule has 1 aromatic rings. The molecule has 0 saturated heterocycles. The minimum Gasteiger partial charge on any atom is -0.469 e. The van der Waals surface area contributed by atoms with Crippen molar-refractivity contribution in [3.63, 3.8) is 0 Å². The van der Waals surface area contributed by atoms with Crippen LogP contribution in [0.4, 0.5) is 0 Å². The minimum atomic E-state index is -0.0814. The van der Waals surface area contributed by atoms with Crippen LogP contribution in [0.3, 0.4) is 0 Å². The van der Waals surface area contributed by atoms with Gasteiger partial charge in [-0.25, -0.2) is 0 Å². The summed E-state index contributed by atoms with van der Waals surface area (Å²) >= 11 is 0. The van der Waals surface area contributed by atoms with E-state index in [1.165, 1.54) is 6.26 Å². The molecule has 0 aliphatic rings. The van der Waals surface area contributed by atoms with Gasteiger partial charge in [-0.05, 0) is 26.8 Å². The topological polar surface area (TPSA) is 57.2 Å². The first-order valence-electron chi connectivity index (χ1n) is 5.29. The third-order valence-electron chi connectivity index (χ3n) is 2.33. The summed E-state index contributed by atoms with van der Waals surface area (Å²) in [4.78, 5) is 13.7. The highest BCUT2D eigenvalue weighted by Gasteiger charge is 2.19. The first kappa shape index (κ1) is 12.3. The van der Waals surface area contributed by atoms with Gasteiger partial charge in [-0.15, -0.1) is 0 Å². The summed E-state index contributed by atoms with van der Waals surface area (Å²) in [7, 11) is 0. The lowest BCUT2D eigenvalue weighted by Gasteiger charge is -2.25. The van der Waals surface area contributed by atoms with Crippen LogP contribution in [0.1, 0.15) is 36.4 Å². The van der Waals surface area contributed by atoms with E-state index >= 15 is 0 Å². The summed E-state index contributed by atoms with van der Waals surface area (Å²) in [5.74, 6) is 0.634. The average molecular weight is 220 g/mol. The fraction of sp³-hybridized carbons (Fsp3) is 0.500.